The third kappa shape index (κ3) is 2.03. The van der Waals surface area contributed by atoms with Crippen molar-refractivity contribution in [1.29, 1.82) is 0 Å². The molecule has 1 aromatic carbocycles. The molecular weight excluding hydrogens is 254 g/mol. The SMILES string of the molecule is CC(=O)c1cccnc1N1CC(=O)Nc2ccccc21. The molecule has 0 saturated carbocycles. The van der Waals surface area contributed by atoms with E-state index in [0.29, 0.717) is 11.4 Å². The molecule has 0 unspecified atom stereocenters. The van der Waals surface area contributed by atoms with Gasteiger partial charge in [-0.15, -0.1) is 0 Å². The average Bonchev–Trinajstić information content (AvgIpc) is 2.46. The predicted octanol–water partition coefficient (Wildman–Crippen LogP) is 2.37. The Balaban J connectivity index is 2.16. The highest BCUT2D eigenvalue weighted by molar-refractivity contribution is 6.06. The number of nitrogens with one attached hydrogen (secondary N) is 1. The van der Waals surface area contributed by atoms with Gasteiger partial charge in [-0.2, -0.15) is 0 Å². The largest absolute Gasteiger partial charge is 0.323 e. The zero-order chi connectivity index (χ0) is 14.1. The first-order valence-electron chi connectivity index (χ1n) is 6.29. The van der Waals surface area contributed by atoms with E-state index in [1.807, 2.05) is 24.3 Å². The standard InChI is InChI=1S/C15H13N3O2/c1-10(19)11-5-4-8-16-15(11)18-9-14(20)17-12-6-2-3-7-13(12)18/h2-8H,9H2,1H3,(H,17,20). The molecule has 0 radical (unpaired) electrons. The summed E-state index contributed by atoms with van der Waals surface area (Å²) in [7, 11) is 0. The molecule has 1 aliphatic heterocycles. The lowest BCUT2D eigenvalue weighted by Crippen LogP contribution is -2.36. The number of carbonyl (C=O) groups is 2. The van der Waals surface area contributed by atoms with E-state index in [9.17, 15) is 9.59 Å². The molecule has 3 rings (SSSR count). The Morgan fingerprint density at radius 3 is 2.85 bits per heavy atom. The zero-order valence-corrected chi connectivity index (χ0v) is 11.0. The normalized spacial score (nSPS) is 13.7. The van der Waals surface area contributed by atoms with Crippen molar-refractivity contribution >= 4 is 28.9 Å². The number of hydrogen-bond acceptors (Lipinski definition) is 4. The Morgan fingerprint density at radius 2 is 2.05 bits per heavy atom. The summed E-state index contributed by atoms with van der Waals surface area (Å²) < 4.78 is 0. The van der Waals surface area contributed by atoms with Gasteiger partial charge < -0.3 is 10.2 Å². The molecule has 2 aromatic rings. The first kappa shape index (κ1) is 12.3. The molecule has 100 valence electrons. The molecule has 0 spiro atoms. The molecule has 0 atom stereocenters. The van der Waals surface area contributed by atoms with E-state index in [1.165, 1.54) is 6.92 Å². The van der Waals surface area contributed by atoms with Gasteiger partial charge >= 0.3 is 0 Å². The number of Topliss-reactive ketones (excluding diaryl/α,β-unsaturated/α-hetero) is 1. The number of pyridine rings is 1. The van der Waals surface area contributed by atoms with E-state index in [1.54, 1.807) is 23.2 Å². The maximum Gasteiger partial charge on any atom is 0.244 e. The number of anilines is 3. The Hall–Kier alpha value is -2.69. The molecule has 0 aliphatic carbocycles. The van der Waals surface area contributed by atoms with E-state index in [2.05, 4.69) is 10.3 Å². The first-order chi connectivity index (χ1) is 9.66. The molecule has 1 aliphatic rings. The smallest absolute Gasteiger partial charge is 0.244 e. The van der Waals surface area contributed by atoms with Crippen LogP contribution < -0.4 is 10.2 Å². The van der Waals surface area contributed by atoms with Crippen LogP contribution in [0.2, 0.25) is 0 Å². The molecule has 0 fully saturated rings. The molecule has 20 heavy (non-hydrogen) atoms. The maximum atomic E-state index is 11.8. The molecular formula is C15H13N3O2. The Bertz CT molecular complexity index is 697. The number of fused-ring (bicyclic) bond motifs is 1. The minimum atomic E-state index is -0.121. The number of aromatic nitrogens is 1. The van der Waals surface area contributed by atoms with Gasteiger partial charge in [-0.1, -0.05) is 12.1 Å². The lowest BCUT2D eigenvalue weighted by Gasteiger charge is -2.30. The summed E-state index contributed by atoms with van der Waals surface area (Å²) in [4.78, 5) is 29.6. The van der Waals surface area contributed by atoms with Crippen LogP contribution >= 0.6 is 0 Å². The third-order valence-corrected chi connectivity index (χ3v) is 3.19. The van der Waals surface area contributed by atoms with E-state index < -0.39 is 0 Å². The highest BCUT2D eigenvalue weighted by Gasteiger charge is 2.26. The third-order valence-electron chi connectivity index (χ3n) is 3.19. The van der Waals surface area contributed by atoms with Crippen LogP contribution in [0.4, 0.5) is 17.2 Å². The van der Waals surface area contributed by atoms with E-state index in [-0.39, 0.29) is 18.2 Å². The zero-order valence-electron chi connectivity index (χ0n) is 11.0. The fourth-order valence-corrected chi connectivity index (χ4v) is 2.31. The number of ketones is 1. The number of amides is 1. The molecule has 5 heteroatoms. The number of hydrogen-bond donors (Lipinski definition) is 1. The molecule has 1 amide bonds. The van der Waals surface area contributed by atoms with Gasteiger partial charge in [0, 0.05) is 6.20 Å². The lowest BCUT2D eigenvalue weighted by atomic mass is 10.1. The summed E-state index contributed by atoms with van der Waals surface area (Å²) in [6, 6.07) is 10.9. The Kier molecular flexibility index (Phi) is 2.95. The minimum absolute atomic E-state index is 0.0726. The molecule has 0 bridgehead atoms. The van der Waals surface area contributed by atoms with Crippen molar-refractivity contribution in [2.45, 2.75) is 6.92 Å². The van der Waals surface area contributed by atoms with Gasteiger partial charge in [0.1, 0.15) is 12.4 Å². The van der Waals surface area contributed by atoms with Gasteiger partial charge in [0.15, 0.2) is 5.78 Å². The van der Waals surface area contributed by atoms with Crippen LogP contribution in [0.3, 0.4) is 0 Å². The summed E-state index contributed by atoms with van der Waals surface area (Å²) >= 11 is 0. The maximum absolute atomic E-state index is 11.8. The number of nitrogens with zero attached hydrogens (tertiary/aromatic N) is 2. The van der Waals surface area contributed by atoms with Gasteiger partial charge in [-0.3, -0.25) is 9.59 Å². The van der Waals surface area contributed by atoms with Crippen LogP contribution in [0, 0.1) is 0 Å². The second-order valence-corrected chi connectivity index (χ2v) is 4.58. The summed E-state index contributed by atoms with van der Waals surface area (Å²) in [6.07, 6.45) is 1.62. The summed E-state index contributed by atoms with van der Waals surface area (Å²) in [6.45, 7) is 1.64. The van der Waals surface area contributed by atoms with Crippen molar-refractivity contribution in [3.8, 4) is 0 Å². The van der Waals surface area contributed by atoms with Gasteiger partial charge in [0.25, 0.3) is 0 Å². The molecule has 2 heterocycles. The predicted molar refractivity (Wildman–Crippen MR) is 76.3 cm³/mol. The van der Waals surface area contributed by atoms with Gasteiger partial charge in [-0.05, 0) is 31.2 Å². The van der Waals surface area contributed by atoms with Crippen molar-refractivity contribution in [3.63, 3.8) is 0 Å². The van der Waals surface area contributed by atoms with Gasteiger partial charge in [0.05, 0.1) is 16.9 Å². The van der Waals surface area contributed by atoms with Crippen molar-refractivity contribution in [2.24, 2.45) is 0 Å². The van der Waals surface area contributed by atoms with Crippen molar-refractivity contribution in [1.82, 2.24) is 4.98 Å². The van der Waals surface area contributed by atoms with Crippen LogP contribution in [0.25, 0.3) is 0 Å². The van der Waals surface area contributed by atoms with Crippen molar-refractivity contribution in [3.05, 3.63) is 48.2 Å². The molecule has 1 aromatic heterocycles. The Morgan fingerprint density at radius 1 is 1.25 bits per heavy atom. The summed E-state index contributed by atoms with van der Waals surface area (Å²) in [5, 5.41) is 2.81. The van der Waals surface area contributed by atoms with Crippen LogP contribution in [0.5, 0.6) is 0 Å². The monoisotopic (exact) mass is 267 g/mol. The summed E-state index contributed by atoms with van der Waals surface area (Å²) in [5.41, 5.74) is 2.08. The topological polar surface area (TPSA) is 62.3 Å². The van der Waals surface area contributed by atoms with Crippen LogP contribution in [0.15, 0.2) is 42.6 Å². The highest BCUT2D eigenvalue weighted by Crippen LogP contribution is 2.35. The molecule has 0 saturated heterocycles. The number of rotatable bonds is 2. The quantitative estimate of drug-likeness (QED) is 0.848. The van der Waals surface area contributed by atoms with E-state index in [4.69, 9.17) is 0 Å². The summed E-state index contributed by atoms with van der Waals surface area (Å²) in [5.74, 6) is 0.322. The van der Waals surface area contributed by atoms with Gasteiger partial charge in [-0.25, -0.2) is 4.98 Å². The molecule has 5 nitrogen and oxygen atoms in total. The second-order valence-electron chi connectivity index (χ2n) is 4.58. The van der Waals surface area contributed by atoms with E-state index in [0.717, 1.165) is 11.4 Å². The average molecular weight is 267 g/mol. The molecule has 1 N–H and O–H groups in total. The fourth-order valence-electron chi connectivity index (χ4n) is 2.31. The van der Waals surface area contributed by atoms with Crippen molar-refractivity contribution < 1.29 is 9.59 Å². The first-order valence-corrected chi connectivity index (χ1v) is 6.29. The lowest BCUT2D eigenvalue weighted by molar-refractivity contribution is -0.115. The number of benzene rings is 1. The Labute approximate surface area is 116 Å². The van der Waals surface area contributed by atoms with Crippen LogP contribution in [-0.4, -0.2) is 23.2 Å². The minimum Gasteiger partial charge on any atom is -0.323 e. The van der Waals surface area contributed by atoms with Gasteiger partial charge in [0.2, 0.25) is 5.91 Å². The van der Waals surface area contributed by atoms with Crippen LogP contribution in [-0.2, 0) is 4.79 Å². The fraction of sp³-hybridized carbons (Fsp3) is 0.133. The number of para-hydroxylation sites is 2. The highest BCUT2D eigenvalue weighted by atomic mass is 16.2. The van der Waals surface area contributed by atoms with E-state index >= 15 is 0 Å². The second kappa shape index (κ2) is 4.77. The van der Waals surface area contributed by atoms with Crippen LogP contribution in [0.1, 0.15) is 17.3 Å². The number of carbonyl (C=O) groups excluding carboxylic acids is 2. The van der Waals surface area contributed by atoms with Crippen molar-refractivity contribution in [2.75, 3.05) is 16.8 Å².